The summed E-state index contributed by atoms with van der Waals surface area (Å²) in [4.78, 5) is 21.7. The molecule has 154 valence electrons. The molecule has 0 aliphatic carbocycles. The maximum Gasteiger partial charge on any atom is 0.247 e. The quantitative estimate of drug-likeness (QED) is 0.430. The van der Waals surface area contributed by atoms with Gasteiger partial charge in [-0.1, -0.05) is 35.6 Å². The Bertz CT molecular complexity index is 1440. The number of hydrogen-bond acceptors (Lipinski definition) is 5. The first-order valence-corrected chi connectivity index (χ1v) is 10.6. The number of amides is 1. The van der Waals surface area contributed by atoms with Gasteiger partial charge in [-0.25, -0.2) is 19.0 Å². The molecule has 3 heterocycles. The van der Waals surface area contributed by atoms with E-state index in [0.29, 0.717) is 10.8 Å². The molecular formula is C23H18FN5OS. The molecule has 0 unspecified atom stereocenters. The van der Waals surface area contributed by atoms with Crippen LogP contribution in [0.5, 0.6) is 0 Å². The molecule has 5 aromatic rings. The zero-order valence-corrected chi connectivity index (χ0v) is 17.7. The van der Waals surface area contributed by atoms with Crippen LogP contribution in [0.25, 0.3) is 32.4 Å². The van der Waals surface area contributed by atoms with Gasteiger partial charge in [-0.2, -0.15) is 5.10 Å². The number of para-hydroxylation sites is 1. The zero-order chi connectivity index (χ0) is 21.5. The lowest BCUT2D eigenvalue weighted by Crippen LogP contribution is -2.19. The number of rotatable bonds is 4. The number of hydrogen-bond donors (Lipinski definition) is 1. The SMILES string of the molecule is Cc1cccc2sc(NC(=O)Cn3nc(C)c4c(-c5ccc(F)cc5)ccnc43)nc12. The average Bonchev–Trinajstić information content (AvgIpc) is 3.30. The van der Waals surface area contributed by atoms with Gasteiger partial charge in [0.2, 0.25) is 5.91 Å². The predicted octanol–water partition coefficient (Wildman–Crippen LogP) is 5.10. The number of carbonyl (C=O) groups is 1. The van der Waals surface area contributed by atoms with Crippen molar-refractivity contribution in [3.63, 3.8) is 0 Å². The van der Waals surface area contributed by atoms with Crippen LogP contribution in [0.4, 0.5) is 9.52 Å². The van der Waals surface area contributed by atoms with Crippen molar-refractivity contribution in [3.05, 3.63) is 71.8 Å². The van der Waals surface area contributed by atoms with Gasteiger partial charge >= 0.3 is 0 Å². The van der Waals surface area contributed by atoms with Gasteiger partial charge in [0.25, 0.3) is 0 Å². The van der Waals surface area contributed by atoms with Crippen LogP contribution >= 0.6 is 11.3 Å². The standard InChI is InChI=1S/C23H18FN5OS/c1-13-4-3-5-18-21(13)27-23(31-18)26-19(30)12-29-22-20(14(2)28-29)17(10-11-25-22)15-6-8-16(24)9-7-15/h3-11H,12H2,1-2H3,(H,26,27,30). The second-order valence-corrected chi connectivity index (χ2v) is 8.33. The second-order valence-electron chi connectivity index (χ2n) is 7.30. The molecule has 0 saturated carbocycles. The minimum atomic E-state index is -0.289. The Morgan fingerprint density at radius 3 is 2.71 bits per heavy atom. The number of aromatic nitrogens is 4. The molecule has 3 aromatic heterocycles. The summed E-state index contributed by atoms with van der Waals surface area (Å²) in [5, 5.41) is 8.81. The van der Waals surface area contributed by atoms with Gasteiger partial charge in [0, 0.05) is 11.6 Å². The Balaban J connectivity index is 1.45. The van der Waals surface area contributed by atoms with E-state index in [0.717, 1.165) is 38.0 Å². The number of thiazole rings is 1. The van der Waals surface area contributed by atoms with Gasteiger partial charge < -0.3 is 5.32 Å². The number of benzene rings is 2. The Hall–Kier alpha value is -3.65. The topological polar surface area (TPSA) is 72.7 Å². The van der Waals surface area contributed by atoms with Crippen LogP contribution in [0, 0.1) is 19.7 Å². The molecule has 6 nitrogen and oxygen atoms in total. The predicted molar refractivity (Wildman–Crippen MR) is 121 cm³/mol. The van der Waals surface area contributed by atoms with E-state index >= 15 is 0 Å². The molecular weight excluding hydrogens is 413 g/mol. The third kappa shape index (κ3) is 3.55. The van der Waals surface area contributed by atoms with E-state index in [4.69, 9.17) is 0 Å². The normalized spacial score (nSPS) is 11.3. The number of pyridine rings is 1. The fraction of sp³-hybridized carbons (Fsp3) is 0.130. The number of nitrogens with zero attached hydrogens (tertiary/aromatic N) is 4. The van der Waals surface area contributed by atoms with Gasteiger partial charge in [-0.05, 0) is 54.8 Å². The van der Waals surface area contributed by atoms with Crippen LogP contribution in [0.15, 0.2) is 54.7 Å². The molecule has 8 heteroatoms. The third-order valence-corrected chi connectivity index (χ3v) is 6.06. The summed E-state index contributed by atoms with van der Waals surface area (Å²) in [6, 6.07) is 14.1. The molecule has 0 aliphatic rings. The largest absolute Gasteiger partial charge is 0.300 e. The first-order valence-electron chi connectivity index (χ1n) is 9.73. The van der Waals surface area contributed by atoms with Crippen molar-refractivity contribution < 1.29 is 9.18 Å². The third-order valence-electron chi connectivity index (χ3n) is 5.12. The number of halogens is 1. The van der Waals surface area contributed by atoms with E-state index in [9.17, 15) is 9.18 Å². The molecule has 0 aliphatic heterocycles. The number of fused-ring (bicyclic) bond motifs is 2. The maximum absolute atomic E-state index is 13.3. The highest BCUT2D eigenvalue weighted by atomic mass is 32.1. The summed E-state index contributed by atoms with van der Waals surface area (Å²) in [5.41, 5.74) is 5.09. The van der Waals surface area contributed by atoms with Gasteiger partial charge in [-0.15, -0.1) is 0 Å². The van der Waals surface area contributed by atoms with Crippen molar-refractivity contribution >= 4 is 43.6 Å². The van der Waals surface area contributed by atoms with E-state index < -0.39 is 0 Å². The molecule has 5 rings (SSSR count). The van der Waals surface area contributed by atoms with Crippen LogP contribution in [-0.2, 0) is 11.3 Å². The lowest BCUT2D eigenvalue weighted by molar-refractivity contribution is -0.116. The summed E-state index contributed by atoms with van der Waals surface area (Å²) in [5.74, 6) is -0.515. The van der Waals surface area contributed by atoms with E-state index in [-0.39, 0.29) is 18.3 Å². The molecule has 2 aromatic carbocycles. The highest BCUT2D eigenvalue weighted by molar-refractivity contribution is 7.22. The van der Waals surface area contributed by atoms with Gasteiger partial charge in [0.05, 0.1) is 15.9 Å². The lowest BCUT2D eigenvalue weighted by atomic mass is 10.0. The highest BCUT2D eigenvalue weighted by Gasteiger charge is 2.17. The Kier molecular flexibility index (Phi) is 4.71. The fourth-order valence-corrected chi connectivity index (χ4v) is 4.66. The molecule has 0 saturated heterocycles. The Morgan fingerprint density at radius 1 is 1.13 bits per heavy atom. The molecule has 0 radical (unpaired) electrons. The monoisotopic (exact) mass is 431 g/mol. The van der Waals surface area contributed by atoms with E-state index in [1.807, 2.05) is 38.1 Å². The molecule has 0 fully saturated rings. The summed E-state index contributed by atoms with van der Waals surface area (Å²) in [6.45, 7) is 3.89. The summed E-state index contributed by atoms with van der Waals surface area (Å²) in [6.07, 6.45) is 1.67. The van der Waals surface area contributed by atoms with Crippen molar-refractivity contribution in [1.29, 1.82) is 0 Å². The Morgan fingerprint density at radius 2 is 1.94 bits per heavy atom. The first-order chi connectivity index (χ1) is 15.0. The van der Waals surface area contributed by atoms with Gasteiger partial charge in [0.1, 0.15) is 12.4 Å². The number of aryl methyl sites for hydroxylation is 2. The van der Waals surface area contributed by atoms with E-state index in [2.05, 4.69) is 20.4 Å². The van der Waals surface area contributed by atoms with Gasteiger partial charge in [0.15, 0.2) is 10.8 Å². The molecule has 0 atom stereocenters. The number of carbonyl (C=O) groups excluding carboxylic acids is 1. The van der Waals surface area contributed by atoms with Crippen molar-refractivity contribution in [2.75, 3.05) is 5.32 Å². The highest BCUT2D eigenvalue weighted by Crippen LogP contribution is 2.30. The lowest BCUT2D eigenvalue weighted by Gasteiger charge is -2.05. The van der Waals surface area contributed by atoms with Crippen LogP contribution in [-0.4, -0.2) is 25.7 Å². The maximum atomic E-state index is 13.3. The van der Waals surface area contributed by atoms with Crippen LogP contribution in [0.1, 0.15) is 11.3 Å². The molecule has 31 heavy (non-hydrogen) atoms. The first kappa shape index (κ1) is 19.3. The fourth-order valence-electron chi connectivity index (χ4n) is 3.70. The number of anilines is 1. The minimum Gasteiger partial charge on any atom is -0.300 e. The molecule has 1 amide bonds. The van der Waals surface area contributed by atoms with Crippen LogP contribution in [0.3, 0.4) is 0 Å². The Labute approximate surface area is 181 Å². The van der Waals surface area contributed by atoms with Crippen LogP contribution in [0.2, 0.25) is 0 Å². The van der Waals surface area contributed by atoms with Crippen molar-refractivity contribution in [3.8, 4) is 11.1 Å². The molecule has 0 spiro atoms. The van der Waals surface area contributed by atoms with Crippen molar-refractivity contribution in [2.45, 2.75) is 20.4 Å². The number of nitrogens with one attached hydrogen (secondary N) is 1. The average molecular weight is 431 g/mol. The van der Waals surface area contributed by atoms with Crippen molar-refractivity contribution in [2.24, 2.45) is 0 Å². The summed E-state index contributed by atoms with van der Waals surface area (Å²) < 4.78 is 16.0. The summed E-state index contributed by atoms with van der Waals surface area (Å²) in [7, 11) is 0. The van der Waals surface area contributed by atoms with E-state index in [1.54, 1.807) is 23.0 Å². The van der Waals surface area contributed by atoms with Crippen molar-refractivity contribution in [1.82, 2.24) is 19.7 Å². The summed E-state index contributed by atoms with van der Waals surface area (Å²) >= 11 is 1.44. The molecule has 0 bridgehead atoms. The second kappa shape index (κ2) is 7.55. The van der Waals surface area contributed by atoms with Crippen LogP contribution < -0.4 is 5.32 Å². The smallest absolute Gasteiger partial charge is 0.247 e. The minimum absolute atomic E-state index is 0.0130. The van der Waals surface area contributed by atoms with E-state index in [1.165, 1.54) is 23.5 Å². The zero-order valence-electron chi connectivity index (χ0n) is 16.9. The molecule has 1 N–H and O–H groups in total. The van der Waals surface area contributed by atoms with Gasteiger partial charge in [-0.3, -0.25) is 4.79 Å².